The standard InChI is InChI=1S/C13H18N2O/c1-13(2,3)11-7-4-8-12-10(11)6-5-9-15(12)14-16/h4,7-8H,5-6,9H2,1-3H3. The molecule has 0 fully saturated rings. The van der Waals surface area contributed by atoms with Crippen molar-refractivity contribution in [1.82, 2.24) is 0 Å². The van der Waals surface area contributed by atoms with Crippen LogP contribution in [-0.4, -0.2) is 6.54 Å². The van der Waals surface area contributed by atoms with Crippen molar-refractivity contribution < 1.29 is 0 Å². The molecule has 0 atom stereocenters. The normalized spacial score (nSPS) is 15.8. The highest BCUT2D eigenvalue weighted by Crippen LogP contribution is 2.35. The van der Waals surface area contributed by atoms with Crippen LogP contribution in [-0.2, 0) is 11.8 Å². The van der Waals surface area contributed by atoms with Gasteiger partial charge in [0.15, 0.2) is 0 Å². The van der Waals surface area contributed by atoms with Crippen LogP contribution in [0.15, 0.2) is 23.5 Å². The molecule has 16 heavy (non-hydrogen) atoms. The van der Waals surface area contributed by atoms with Gasteiger partial charge in [-0.2, -0.15) is 0 Å². The highest BCUT2D eigenvalue weighted by Gasteiger charge is 2.24. The SMILES string of the molecule is CC(C)(C)c1cccc2c1CCCN2N=O. The Morgan fingerprint density at radius 3 is 2.69 bits per heavy atom. The molecule has 0 aliphatic carbocycles. The topological polar surface area (TPSA) is 32.7 Å². The van der Waals surface area contributed by atoms with Crippen molar-refractivity contribution in [3.05, 3.63) is 34.2 Å². The van der Waals surface area contributed by atoms with Crippen molar-refractivity contribution in [2.75, 3.05) is 11.6 Å². The molecule has 1 heterocycles. The van der Waals surface area contributed by atoms with Crippen molar-refractivity contribution in [1.29, 1.82) is 0 Å². The van der Waals surface area contributed by atoms with E-state index in [9.17, 15) is 4.91 Å². The lowest BCUT2D eigenvalue weighted by atomic mass is 9.81. The van der Waals surface area contributed by atoms with Gasteiger partial charge in [0.05, 0.1) is 11.0 Å². The quantitative estimate of drug-likeness (QED) is 0.676. The Morgan fingerprint density at radius 1 is 1.31 bits per heavy atom. The fraction of sp³-hybridized carbons (Fsp3) is 0.538. The van der Waals surface area contributed by atoms with E-state index in [1.165, 1.54) is 11.1 Å². The highest BCUT2D eigenvalue weighted by atomic mass is 16.3. The molecule has 0 saturated heterocycles. The molecule has 0 amide bonds. The monoisotopic (exact) mass is 218 g/mol. The second kappa shape index (κ2) is 3.89. The lowest BCUT2D eigenvalue weighted by Gasteiger charge is -2.30. The van der Waals surface area contributed by atoms with Gasteiger partial charge in [-0.05, 0) is 35.4 Å². The number of hydrogen-bond acceptors (Lipinski definition) is 2. The largest absolute Gasteiger partial charge is 0.229 e. The van der Waals surface area contributed by atoms with Crippen LogP contribution in [0.3, 0.4) is 0 Å². The van der Waals surface area contributed by atoms with Crippen LogP contribution in [0.4, 0.5) is 5.69 Å². The summed E-state index contributed by atoms with van der Waals surface area (Å²) in [5.74, 6) is 0. The number of hydrogen-bond donors (Lipinski definition) is 0. The van der Waals surface area contributed by atoms with Gasteiger partial charge in [-0.1, -0.05) is 32.9 Å². The molecule has 1 aliphatic heterocycles. The Hall–Kier alpha value is -1.38. The number of rotatable bonds is 1. The predicted octanol–water partition coefficient (Wildman–Crippen LogP) is 3.42. The fourth-order valence-corrected chi connectivity index (χ4v) is 2.39. The van der Waals surface area contributed by atoms with Gasteiger partial charge in [0.1, 0.15) is 0 Å². The van der Waals surface area contributed by atoms with E-state index < -0.39 is 0 Å². The Morgan fingerprint density at radius 2 is 2.06 bits per heavy atom. The van der Waals surface area contributed by atoms with Crippen molar-refractivity contribution >= 4 is 5.69 Å². The zero-order valence-electron chi connectivity index (χ0n) is 10.2. The second-order valence-electron chi connectivity index (χ2n) is 5.36. The summed E-state index contributed by atoms with van der Waals surface area (Å²) >= 11 is 0. The Balaban J connectivity index is 2.55. The lowest BCUT2D eigenvalue weighted by Crippen LogP contribution is -2.26. The molecule has 1 aromatic rings. The van der Waals surface area contributed by atoms with Gasteiger partial charge in [0, 0.05) is 6.54 Å². The van der Waals surface area contributed by atoms with Crippen LogP contribution in [0.5, 0.6) is 0 Å². The maximum absolute atomic E-state index is 10.8. The van der Waals surface area contributed by atoms with E-state index in [0.29, 0.717) is 0 Å². The van der Waals surface area contributed by atoms with E-state index >= 15 is 0 Å². The summed E-state index contributed by atoms with van der Waals surface area (Å²) in [6, 6.07) is 6.17. The number of benzene rings is 1. The first kappa shape index (κ1) is 11.1. The van der Waals surface area contributed by atoms with Gasteiger partial charge in [-0.15, -0.1) is 4.91 Å². The molecule has 2 rings (SSSR count). The van der Waals surface area contributed by atoms with E-state index in [1.807, 2.05) is 12.1 Å². The van der Waals surface area contributed by atoms with E-state index in [1.54, 1.807) is 5.01 Å². The minimum absolute atomic E-state index is 0.122. The molecule has 3 nitrogen and oxygen atoms in total. The van der Waals surface area contributed by atoms with Gasteiger partial charge in [0.25, 0.3) is 0 Å². The molecule has 0 radical (unpaired) electrons. The maximum Gasteiger partial charge on any atom is 0.0661 e. The molecule has 0 aromatic heterocycles. The maximum atomic E-state index is 10.8. The Kier molecular flexibility index (Phi) is 2.70. The third-order valence-corrected chi connectivity index (χ3v) is 3.13. The Labute approximate surface area is 96.4 Å². The molecule has 3 heteroatoms. The van der Waals surface area contributed by atoms with Crippen LogP contribution in [0, 0.1) is 4.91 Å². The number of fused-ring (bicyclic) bond motifs is 1. The van der Waals surface area contributed by atoms with Crippen molar-refractivity contribution in [2.24, 2.45) is 5.29 Å². The van der Waals surface area contributed by atoms with Crippen LogP contribution < -0.4 is 5.01 Å². The van der Waals surface area contributed by atoms with Crippen molar-refractivity contribution in [2.45, 2.75) is 39.0 Å². The molecule has 0 unspecified atom stereocenters. The van der Waals surface area contributed by atoms with E-state index in [0.717, 1.165) is 25.1 Å². The highest BCUT2D eigenvalue weighted by molar-refractivity contribution is 5.59. The van der Waals surface area contributed by atoms with Crippen LogP contribution >= 0.6 is 0 Å². The van der Waals surface area contributed by atoms with E-state index in [4.69, 9.17) is 0 Å². The molecule has 0 N–H and O–H groups in total. The molecule has 0 bridgehead atoms. The molecule has 86 valence electrons. The summed E-state index contributed by atoms with van der Waals surface area (Å²) < 4.78 is 0. The average Bonchev–Trinajstić information content (AvgIpc) is 2.26. The number of nitrogens with zero attached hydrogens (tertiary/aromatic N) is 2. The molecular weight excluding hydrogens is 200 g/mol. The van der Waals surface area contributed by atoms with E-state index in [2.05, 4.69) is 32.1 Å². The summed E-state index contributed by atoms with van der Waals surface area (Å²) in [6.07, 6.45) is 2.06. The zero-order chi connectivity index (χ0) is 11.8. The third-order valence-electron chi connectivity index (χ3n) is 3.13. The molecular formula is C13H18N2O. The molecule has 1 aromatic carbocycles. The third kappa shape index (κ3) is 1.82. The first-order valence-electron chi connectivity index (χ1n) is 5.77. The predicted molar refractivity (Wildman–Crippen MR) is 66.6 cm³/mol. The van der Waals surface area contributed by atoms with Crippen molar-refractivity contribution in [3.63, 3.8) is 0 Å². The molecule has 1 aliphatic rings. The van der Waals surface area contributed by atoms with Crippen LogP contribution in [0.1, 0.15) is 38.3 Å². The fourth-order valence-electron chi connectivity index (χ4n) is 2.39. The van der Waals surface area contributed by atoms with Gasteiger partial charge < -0.3 is 0 Å². The van der Waals surface area contributed by atoms with Gasteiger partial charge in [0.2, 0.25) is 0 Å². The minimum Gasteiger partial charge on any atom is -0.229 e. The zero-order valence-corrected chi connectivity index (χ0v) is 10.2. The number of nitroso groups, excluding NO2 is 1. The smallest absolute Gasteiger partial charge is 0.0661 e. The average molecular weight is 218 g/mol. The minimum atomic E-state index is 0.122. The molecule has 0 spiro atoms. The van der Waals surface area contributed by atoms with Crippen LogP contribution in [0.2, 0.25) is 0 Å². The van der Waals surface area contributed by atoms with E-state index in [-0.39, 0.29) is 5.41 Å². The summed E-state index contributed by atoms with van der Waals surface area (Å²) in [7, 11) is 0. The summed E-state index contributed by atoms with van der Waals surface area (Å²) in [5, 5.41) is 4.67. The molecule has 0 saturated carbocycles. The van der Waals surface area contributed by atoms with Gasteiger partial charge in [-0.25, -0.2) is 5.01 Å². The lowest BCUT2D eigenvalue weighted by molar-refractivity contribution is 0.574. The van der Waals surface area contributed by atoms with Gasteiger partial charge in [-0.3, -0.25) is 0 Å². The number of anilines is 1. The summed E-state index contributed by atoms with van der Waals surface area (Å²) in [6.45, 7) is 7.35. The first-order valence-corrected chi connectivity index (χ1v) is 5.77. The summed E-state index contributed by atoms with van der Waals surface area (Å²) in [4.78, 5) is 10.8. The van der Waals surface area contributed by atoms with Gasteiger partial charge >= 0.3 is 0 Å². The second-order valence-corrected chi connectivity index (χ2v) is 5.36. The Bertz CT molecular complexity index is 407. The van der Waals surface area contributed by atoms with Crippen molar-refractivity contribution in [3.8, 4) is 0 Å². The first-order chi connectivity index (χ1) is 7.54. The summed E-state index contributed by atoms with van der Waals surface area (Å²) in [5.41, 5.74) is 3.74. The van der Waals surface area contributed by atoms with Crippen LogP contribution in [0.25, 0.3) is 0 Å².